The molecule has 2 aliphatic heterocycles. The van der Waals surface area contributed by atoms with Gasteiger partial charge in [0.25, 0.3) is 5.91 Å². The van der Waals surface area contributed by atoms with Crippen molar-refractivity contribution in [3.8, 4) is 0 Å². The number of rotatable bonds is 5. The number of anilines is 1. The van der Waals surface area contributed by atoms with Gasteiger partial charge in [0, 0.05) is 49.2 Å². The van der Waals surface area contributed by atoms with Gasteiger partial charge in [-0.05, 0) is 61.3 Å². The summed E-state index contributed by atoms with van der Waals surface area (Å²) in [5.74, 6) is -1.08. The maximum Gasteiger partial charge on any atom is 0.259 e. The van der Waals surface area contributed by atoms with Gasteiger partial charge in [0.1, 0.15) is 16.8 Å². The third-order valence-electron chi connectivity index (χ3n) is 9.14. The summed E-state index contributed by atoms with van der Waals surface area (Å²) in [6, 6.07) is 12.0. The number of nitrogens with zero attached hydrogens (tertiary/aromatic N) is 3. The summed E-state index contributed by atoms with van der Waals surface area (Å²) in [7, 11) is 0. The van der Waals surface area contributed by atoms with Crippen molar-refractivity contribution in [3.63, 3.8) is 0 Å². The predicted octanol–water partition coefficient (Wildman–Crippen LogP) is 4.76. The van der Waals surface area contributed by atoms with E-state index < -0.39 is 17.2 Å². The number of fused-ring (bicyclic) bond motifs is 5. The normalized spacial score (nSPS) is 17.5. The molecule has 6 aromatic rings. The Morgan fingerprint density at radius 1 is 0.977 bits per heavy atom. The Hall–Kier alpha value is -4.54. The van der Waals surface area contributed by atoms with Crippen LogP contribution in [0.25, 0.3) is 49.1 Å². The lowest BCUT2D eigenvalue weighted by atomic mass is 10.1. The average Bonchev–Trinajstić information content (AvgIpc) is 3.75. The molecule has 2 saturated heterocycles. The van der Waals surface area contributed by atoms with Crippen molar-refractivity contribution < 1.29 is 13.6 Å². The number of hydrogen-bond acceptors (Lipinski definition) is 7. The van der Waals surface area contributed by atoms with E-state index in [0.29, 0.717) is 53.4 Å². The van der Waals surface area contributed by atoms with Crippen LogP contribution in [-0.4, -0.2) is 65.4 Å². The lowest BCUT2D eigenvalue weighted by Crippen LogP contribution is -2.35. The van der Waals surface area contributed by atoms with Crippen LogP contribution in [0.2, 0.25) is 0 Å². The van der Waals surface area contributed by atoms with Crippen molar-refractivity contribution in [2.75, 3.05) is 44.6 Å². The summed E-state index contributed by atoms with van der Waals surface area (Å²) in [4.78, 5) is 44.7. The standard InChI is InChI=1S/C33H30FN5O4.CH4/c34-25-13-23-29-32(28(25)36-8-12-37-9-3-4-10-37)43-27-15-22-21(19-5-1-2-6-20(19)30(22)40)14-26(27)39(29)17-24(31(23)41)33(42)38-11-7-18(35)16-38;/h1-2,5-6,13-15,17-18,36H,3-4,7-12,16,35H2;1H4/t18-;/m0./s1. The van der Waals surface area contributed by atoms with Crippen molar-refractivity contribution in [2.24, 2.45) is 5.73 Å². The molecule has 9 nitrogen and oxygen atoms in total. The van der Waals surface area contributed by atoms with Crippen LogP contribution in [0.4, 0.5) is 10.1 Å². The molecule has 0 bridgehead atoms. The molecular weight excluding hydrogens is 561 g/mol. The molecule has 0 radical (unpaired) electrons. The van der Waals surface area contributed by atoms with Crippen molar-refractivity contribution >= 4 is 60.7 Å². The molecule has 0 aliphatic carbocycles. The summed E-state index contributed by atoms with van der Waals surface area (Å²) in [6.45, 7) is 4.05. The number of nitrogens with one attached hydrogen (secondary N) is 1. The third-order valence-corrected chi connectivity index (χ3v) is 9.14. The fourth-order valence-corrected chi connectivity index (χ4v) is 6.94. The number of amides is 1. The van der Waals surface area contributed by atoms with Crippen molar-refractivity contribution in [2.45, 2.75) is 32.7 Å². The SMILES string of the molecule is C.N[C@H]1CCN(C(=O)c2cn3c4cc5c(cc4oc4c(NCCN6CCCC6)c(F)cc(c2=O)c43)c(=O)c2ccccc25)C1. The molecule has 4 heterocycles. The minimum absolute atomic E-state index is 0. The second-order valence-electron chi connectivity index (χ2n) is 11.8. The van der Waals surface area contributed by atoms with Gasteiger partial charge in [-0.2, -0.15) is 0 Å². The Kier molecular flexibility index (Phi) is 6.78. The van der Waals surface area contributed by atoms with Crippen LogP contribution in [-0.2, 0) is 0 Å². The number of benzene rings is 3. The molecule has 0 spiro atoms. The van der Waals surface area contributed by atoms with Crippen LogP contribution in [0, 0.1) is 5.82 Å². The molecule has 2 aromatic heterocycles. The van der Waals surface area contributed by atoms with Gasteiger partial charge in [0.15, 0.2) is 22.4 Å². The molecule has 0 unspecified atom stereocenters. The zero-order valence-electron chi connectivity index (χ0n) is 23.5. The van der Waals surface area contributed by atoms with Gasteiger partial charge in [0.05, 0.1) is 10.9 Å². The Bertz CT molecular complexity index is 2220. The molecule has 1 amide bonds. The van der Waals surface area contributed by atoms with E-state index in [-0.39, 0.29) is 41.1 Å². The van der Waals surface area contributed by atoms with Crippen LogP contribution in [0.3, 0.4) is 0 Å². The van der Waals surface area contributed by atoms with Crippen molar-refractivity contribution in [3.05, 3.63) is 80.5 Å². The van der Waals surface area contributed by atoms with E-state index >= 15 is 4.39 Å². The number of carbonyl (C=O) groups is 1. The number of pyridine rings is 1. The number of aromatic nitrogens is 1. The van der Waals surface area contributed by atoms with E-state index in [9.17, 15) is 14.4 Å². The Labute approximate surface area is 252 Å². The molecule has 3 N–H and O–H groups in total. The molecule has 4 aromatic carbocycles. The highest BCUT2D eigenvalue weighted by Gasteiger charge is 2.29. The maximum absolute atomic E-state index is 15.9. The fraction of sp³-hybridized carbons (Fsp3) is 0.324. The number of halogens is 1. The molecular formula is C34H34FN5O4. The highest BCUT2D eigenvalue weighted by atomic mass is 19.1. The number of hydrogen-bond donors (Lipinski definition) is 2. The minimum atomic E-state index is -0.645. The lowest BCUT2D eigenvalue weighted by Gasteiger charge is -2.20. The van der Waals surface area contributed by atoms with Crippen LogP contribution < -0.4 is 21.9 Å². The lowest BCUT2D eigenvalue weighted by molar-refractivity contribution is 0.0789. The summed E-state index contributed by atoms with van der Waals surface area (Å²) in [5.41, 5.74) is 6.89. The molecule has 8 rings (SSSR count). The predicted molar refractivity (Wildman–Crippen MR) is 173 cm³/mol. The molecule has 44 heavy (non-hydrogen) atoms. The van der Waals surface area contributed by atoms with Crippen LogP contribution >= 0.6 is 0 Å². The van der Waals surface area contributed by atoms with Gasteiger partial charge in [0.2, 0.25) is 5.43 Å². The molecule has 0 saturated carbocycles. The maximum atomic E-state index is 15.9. The van der Waals surface area contributed by atoms with E-state index in [1.165, 1.54) is 12.3 Å². The number of nitrogens with two attached hydrogens (primary N) is 1. The van der Waals surface area contributed by atoms with E-state index in [4.69, 9.17) is 10.2 Å². The van der Waals surface area contributed by atoms with Crippen LogP contribution in [0.5, 0.6) is 0 Å². The second kappa shape index (κ2) is 10.6. The first kappa shape index (κ1) is 28.2. The Morgan fingerprint density at radius 2 is 1.75 bits per heavy atom. The molecule has 10 heteroatoms. The minimum Gasteiger partial charge on any atom is -0.451 e. The van der Waals surface area contributed by atoms with Crippen LogP contribution in [0.1, 0.15) is 37.0 Å². The quantitative estimate of drug-likeness (QED) is 0.218. The summed E-state index contributed by atoms with van der Waals surface area (Å²) in [6.07, 6.45) is 4.48. The molecule has 2 aliphatic rings. The molecule has 226 valence electrons. The summed E-state index contributed by atoms with van der Waals surface area (Å²) < 4.78 is 24.0. The van der Waals surface area contributed by atoms with E-state index in [1.807, 2.05) is 24.3 Å². The fourth-order valence-electron chi connectivity index (χ4n) is 6.94. The second-order valence-corrected chi connectivity index (χ2v) is 11.8. The molecule has 1 atom stereocenters. The summed E-state index contributed by atoms with van der Waals surface area (Å²) >= 11 is 0. The van der Waals surface area contributed by atoms with E-state index in [2.05, 4.69) is 10.2 Å². The first-order chi connectivity index (χ1) is 20.9. The number of carbonyl (C=O) groups excluding carboxylic acids is 1. The Morgan fingerprint density at radius 3 is 2.50 bits per heavy atom. The Balaban J connectivity index is 0.00000312. The van der Waals surface area contributed by atoms with Gasteiger partial charge in [-0.25, -0.2) is 4.39 Å². The van der Waals surface area contributed by atoms with E-state index in [1.54, 1.807) is 21.4 Å². The molecule has 2 fully saturated rings. The largest absolute Gasteiger partial charge is 0.451 e. The van der Waals surface area contributed by atoms with Gasteiger partial charge < -0.3 is 29.7 Å². The third kappa shape index (κ3) is 4.23. The van der Waals surface area contributed by atoms with Crippen molar-refractivity contribution in [1.29, 1.82) is 0 Å². The van der Waals surface area contributed by atoms with E-state index in [0.717, 1.165) is 43.2 Å². The van der Waals surface area contributed by atoms with Gasteiger partial charge >= 0.3 is 0 Å². The topological polar surface area (TPSA) is 113 Å². The monoisotopic (exact) mass is 595 g/mol. The zero-order chi connectivity index (χ0) is 29.4. The summed E-state index contributed by atoms with van der Waals surface area (Å²) in [5, 5.41) is 5.89. The zero-order valence-corrected chi connectivity index (χ0v) is 23.5. The van der Waals surface area contributed by atoms with Crippen LogP contribution in [0.15, 0.2) is 62.7 Å². The van der Waals surface area contributed by atoms with Gasteiger partial charge in [-0.1, -0.05) is 31.7 Å². The average molecular weight is 596 g/mol. The van der Waals surface area contributed by atoms with Crippen molar-refractivity contribution in [1.82, 2.24) is 14.2 Å². The highest BCUT2D eigenvalue weighted by molar-refractivity contribution is 6.15. The first-order valence-corrected chi connectivity index (χ1v) is 14.8. The smallest absolute Gasteiger partial charge is 0.259 e. The van der Waals surface area contributed by atoms with Gasteiger partial charge in [-0.3, -0.25) is 14.4 Å². The first-order valence-electron chi connectivity index (χ1n) is 14.8. The number of likely N-dealkylation sites (tertiary alicyclic amines) is 2. The van der Waals surface area contributed by atoms with Gasteiger partial charge in [-0.15, -0.1) is 0 Å². The highest BCUT2D eigenvalue weighted by Crippen LogP contribution is 2.36.